The summed E-state index contributed by atoms with van der Waals surface area (Å²) >= 11 is 0. The van der Waals surface area contributed by atoms with E-state index in [4.69, 9.17) is 9.47 Å². The second-order valence-corrected chi connectivity index (χ2v) is 4.82. The summed E-state index contributed by atoms with van der Waals surface area (Å²) in [6.07, 6.45) is 0. The van der Waals surface area contributed by atoms with Crippen LogP contribution in [0.4, 0.5) is 5.69 Å². The molecule has 0 atom stereocenters. The van der Waals surface area contributed by atoms with E-state index in [1.165, 1.54) is 0 Å². The lowest BCUT2D eigenvalue weighted by atomic mass is 10.1. The Balaban J connectivity index is 1.55. The molecule has 0 fully saturated rings. The Morgan fingerprint density at radius 3 is 2.91 bits per heavy atom. The predicted molar refractivity (Wildman–Crippen MR) is 79.5 cm³/mol. The molecule has 110 valence electrons. The van der Waals surface area contributed by atoms with Crippen LogP contribution >= 0.6 is 0 Å². The number of nitrogens with zero attached hydrogens (tertiary/aromatic N) is 3. The Labute approximate surface area is 126 Å². The highest BCUT2D eigenvalue weighted by molar-refractivity contribution is 5.72. The molecular formula is C15H13N5O2. The van der Waals surface area contributed by atoms with Gasteiger partial charge in [-0.1, -0.05) is 18.2 Å². The SMILES string of the molecule is c1ccc(-c2nn[nH]n2)c(NCc2ccc3c(c2)OCO3)c1. The monoisotopic (exact) mass is 295 g/mol. The van der Waals surface area contributed by atoms with E-state index < -0.39 is 0 Å². The van der Waals surface area contributed by atoms with Crippen molar-refractivity contribution in [1.82, 2.24) is 20.6 Å². The number of hydrogen-bond acceptors (Lipinski definition) is 6. The molecule has 2 N–H and O–H groups in total. The lowest BCUT2D eigenvalue weighted by Crippen LogP contribution is -2.01. The van der Waals surface area contributed by atoms with E-state index >= 15 is 0 Å². The average Bonchev–Trinajstić information content (AvgIpc) is 3.24. The summed E-state index contributed by atoms with van der Waals surface area (Å²) in [7, 11) is 0. The first-order chi connectivity index (χ1) is 10.9. The molecule has 0 radical (unpaired) electrons. The molecule has 0 spiro atoms. The molecule has 0 amide bonds. The predicted octanol–water partition coefficient (Wildman–Crippen LogP) is 2.21. The van der Waals surface area contributed by atoms with Gasteiger partial charge in [0.15, 0.2) is 11.5 Å². The molecule has 0 unspecified atom stereocenters. The molecule has 3 aromatic rings. The summed E-state index contributed by atoms with van der Waals surface area (Å²) in [5.41, 5.74) is 2.95. The number of aromatic amines is 1. The van der Waals surface area contributed by atoms with Crippen LogP contribution in [0.3, 0.4) is 0 Å². The molecule has 1 aliphatic rings. The number of rotatable bonds is 4. The van der Waals surface area contributed by atoms with Gasteiger partial charge in [0.25, 0.3) is 0 Å². The van der Waals surface area contributed by atoms with E-state index in [0.717, 1.165) is 28.3 Å². The number of fused-ring (bicyclic) bond motifs is 1. The first-order valence-electron chi connectivity index (χ1n) is 6.85. The maximum Gasteiger partial charge on any atom is 0.231 e. The fraction of sp³-hybridized carbons (Fsp3) is 0.133. The highest BCUT2D eigenvalue weighted by atomic mass is 16.7. The third kappa shape index (κ3) is 2.32. The van der Waals surface area contributed by atoms with E-state index in [0.29, 0.717) is 12.4 Å². The van der Waals surface area contributed by atoms with Crippen molar-refractivity contribution in [3.05, 3.63) is 48.0 Å². The van der Waals surface area contributed by atoms with Crippen LogP contribution in [0.15, 0.2) is 42.5 Å². The fourth-order valence-electron chi connectivity index (χ4n) is 2.36. The standard InChI is InChI=1S/C15H13N5O2/c1-2-4-12(11(3-1)15-17-19-20-18-15)16-8-10-5-6-13-14(7-10)22-9-21-13/h1-7,16H,8-9H2,(H,17,18,19,20). The van der Waals surface area contributed by atoms with E-state index in [2.05, 4.69) is 25.9 Å². The van der Waals surface area contributed by atoms with Crippen LogP contribution in [-0.4, -0.2) is 27.4 Å². The van der Waals surface area contributed by atoms with Gasteiger partial charge in [0, 0.05) is 17.8 Å². The van der Waals surface area contributed by atoms with Crippen LogP contribution in [-0.2, 0) is 6.54 Å². The number of tetrazole rings is 1. The van der Waals surface area contributed by atoms with Crippen molar-refractivity contribution in [2.24, 2.45) is 0 Å². The van der Waals surface area contributed by atoms with Gasteiger partial charge in [-0.05, 0) is 35.0 Å². The van der Waals surface area contributed by atoms with E-state index in [1.54, 1.807) is 0 Å². The summed E-state index contributed by atoms with van der Waals surface area (Å²) in [6, 6.07) is 13.8. The minimum Gasteiger partial charge on any atom is -0.454 e. The molecular weight excluding hydrogens is 282 g/mol. The molecule has 0 bridgehead atoms. The zero-order valence-corrected chi connectivity index (χ0v) is 11.6. The second-order valence-electron chi connectivity index (χ2n) is 4.82. The fourth-order valence-corrected chi connectivity index (χ4v) is 2.36. The van der Waals surface area contributed by atoms with Crippen LogP contribution in [0.5, 0.6) is 11.5 Å². The summed E-state index contributed by atoms with van der Waals surface area (Å²) in [5, 5.41) is 17.5. The molecule has 7 heteroatoms. The third-order valence-electron chi connectivity index (χ3n) is 3.43. The summed E-state index contributed by atoms with van der Waals surface area (Å²) < 4.78 is 10.7. The van der Waals surface area contributed by atoms with E-state index in [1.807, 2.05) is 42.5 Å². The van der Waals surface area contributed by atoms with Crippen molar-refractivity contribution < 1.29 is 9.47 Å². The van der Waals surface area contributed by atoms with Gasteiger partial charge in [-0.2, -0.15) is 5.21 Å². The molecule has 1 aromatic heterocycles. The smallest absolute Gasteiger partial charge is 0.231 e. The molecule has 1 aliphatic heterocycles. The van der Waals surface area contributed by atoms with Gasteiger partial charge in [0.05, 0.1) is 0 Å². The zero-order valence-electron chi connectivity index (χ0n) is 11.6. The number of anilines is 1. The van der Waals surface area contributed by atoms with Gasteiger partial charge in [0.1, 0.15) is 0 Å². The van der Waals surface area contributed by atoms with Crippen LogP contribution in [0.25, 0.3) is 11.4 Å². The van der Waals surface area contributed by atoms with Crippen molar-refractivity contribution in [3.63, 3.8) is 0 Å². The lowest BCUT2D eigenvalue weighted by Gasteiger charge is -2.10. The minimum absolute atomic E-state index is 0.285. The minimum atomic E-state index is 0.285. The first kappa shape index (κ1) is 12.6. The van der Waals surface area contributed by atoms with Crippen LogP contribution < -0.4 is 14.8 Å². The average molecular weight is 295 g/mol. The Morgan fingerprint density at radius 2 is 2.00 bits per heavy atom. The maximum atomic E-state index is 5.39. The van der Waals surface area contributed by atoms with E-state index in [9.17, 15) is 0 Å². The topological polar surface area (TPSA) is 85.0 Å². The Morgan fingerprint density at radius 1 is 1.09 bits per heavy atom. The van der Waals surface area contributed by atoms with Crippen molar-refractivity contribution in [1.29, 1.82) is 0 Å². The Hall–Kier alpha value is -3.09. The number of H-pyrrole nitrogens is 1. The number of benzene rings is 2. The number of nitrogens with one attached hydrogen (secondary N) is 2. The highest BCUT2D eigenvalue weighted by Crippen LogP contribution is 2.33. The largest absolute Gasteiger partial charge is 0.454 e. The summed E-state index contributed by atoms with van der Waals surface area (Å²) in [6.45, 7) is 0.943. The molecule has 22 heavy (non-hydrogen) atoms. The van der Waals surface area contributed by atoms with Gasteiger partial charge in [0.2, 0.25) is 12.6 Å². The van der Waals surface area contributed by atoms with Crippen molar-refractivity contribution in [2.75, 3.05) is 12.1 Å². The third-order valence-corrected chi connectivity index (χ3v) is 3.43. The quantitative estimate of drug-likeness (QED) is 0.767. The number of aromatic nitrogens is 4. The van der Waals surface area contributed by atoms with Gasteiger partial charge in [-0.25, -0.2) is 0 Å². The molecule has 0 saturated carbocycles. The number of para-hydroxylation sites is 1. The summed E-state index contributed by atoms with van der Waals surface area (Å²) in [4.78, 5) is 0. The molecule has 0 saturated heterocycles. The molecule has 4 rings (SSSR count). The summed E-state index contributed by atoms with van der Waals surface area (Å²) in [5.74, 6) is 2.13. The second kappa shape index (κ2) is 5.36. The Bertz CT molecular complexity index is 788. The number of hydrogen-bond donors (Lipinski definition) is 2. The van der Waals surface area contributed by atoms with Crippen LogP contribution in [0.2, 0.25) is 0 Å². The zero-order chi connectivity index (χ0) is 14.8. The van der Waals surface area contributed by atoms with Gasteiger partial charge in [-0.3, -0.25) is 0 Å². The normalized spacial score (nSPS) is 12.4. The lowest BCUT2D eigenvalue weighted by molar-refractivity contribution is 0.174. The van der Waals surface area contributed by atoms with Crippen molar-refractivity contribution in [3.8, 4) is 22.9 Å². The molecule has 0 aliphatic carbocycles. The van der Waals surface area contributed by atoms with Crippen molar-refractivity contribution in [2.45, 2.75) is 6.54 Å². The molecule has 2 heterocycles. The van der Waals surface area contributed by atoms with Crippen LogP contribution in [0, 0.1) is 0 Å². The van der Waals surface area contributed by atoms with E-state index in [-0.39, 0.29) is 6.79 Å². The molecule has 2 aromatic carbocycles. The van der Waals surface area contributed by atoms with Crippen molar-refractivity contribution >= 4 is 5.69 Å². The van der Waals surface area contributed by atoms with Gasteiger partial charge >= 0.3 is 0 Å². The maximum absolute atomic E-state index is 5.39. The molecule has 7 nitrogen and oxygen atoms in total. The number of ether oxygens (including phenoxy) is 2. The van der Waals surface area contributed by atoms with Gasteiger partial charge in [-0.15, -0.1) is 10.2 Å². The highest BCUT2D eigenvalue weighted by Gasteiger charge is 2.13. The Kier molecular flexibility index (Phi) is 3.08. The van der Waals surface area contributed by atoms with Crippen LogP contribution in [0.1, 0.15) is 5.56 Å². The van der Waals surface area contributed by atoms with Gasteiger partial charge < -0.3 is 14.8 Å². The first-order valence-corrected chi connectivity index (χ1v) is 6.85.